The van der Waals surface area contributed by atoms with Crippen LogP contribution in [-0.2, 0) is 6.54 Å². The van der Waals surface area contributed by atoms with E-state index in [1.54, 1.807) is 0 Å². The molecule has 88 valence electrons. The molecule has 0 atom stereocenters. The number of halogens is 3. The Kier molecular flexibility index (Phi) is 3.76. The standard InChI is InChI=1S/C8H9BF3NO3/c10-8(11,12)2-4-13-3-1-6(9(15)16)5-7(13)14/h1,3,5,15-16H,2,4H2. The second-order valence-corrected chi connectivity index (χ2v) is 3.23. The summed E-state index contributed by atoms with van der Waals surface area (Å²) >= 11 is 0. The first-order valence-corrected chi connectivity index (χ1v) is 4.43. The molecule has 4 nitrogen and oxygen atoms in total. The Morgan fingerprint density at radius 1 is 1.38 bits per heavy atom. The molecule has 1 rings (SSSR count). The van der Waals surface area contributed by atoms with Crippen LogP contribution in [0, 0.1) is 0 Å². The highest BCUT2D eigenvalue weighted by Gasteiger charge is 2.26. The van der Waals surface area contributed by atoms with Crippen LogP contribution in [0.15, 0.2) is 23.1 Å². The van der Waals surface area contributed by atoms with Crippen LogP contribution >= 0.6 is 0 Å². The first kappa shape index (κ1) is 12.8. The summed E-state index contributed by atoms with van der Waals surface area (Å²) < 4.78 is 36.5. The molecule has 1 aromatic rings. The number of hydrogen-bond donors (Lipinski definition) is 2. The fraction of sp³-hybridized carbons (Fsp3) is 0.375. The lowest BCUT2D eigenvalue weighted by atomic mass is 9.81. The fourth-order valence-electron chi connectivity index (χ4n) is 1.12. The Hall–Kier alpha value is -1.28. The molecule has 0 aliphatic rings. The summed E-state index contributed by atoms with van der Waals surface area (Å²) in [5.74, 6) is 0. The number of nitrogens with zero attached hydrogens (tertiary/aromatic N) is 1. The number of aryl methyl sites for hydroxylation is 1. The molecule has 0 amide bonds. The number of aromatic nitrogens is 1. The van der Waals surface area contributed by atoms with E-state index in [2.05, 4.69) is 0 Å². The maximum absolute atomic E-state index is 11.9. The monoisotopic (exact) mass is 235 g/mol. The largest absolute Gasteiger partial charge is 0.488 e. The maximum Gasteiger partial charge on any atom is 0.488 e. The maximum atomic E-state index is 11.9. The van der Waals surface area contributed by atoms with E-state index in [0.717, 1.165) is 16.8 Å². The van der Waals surface area contributed by atoms with Crippen molar-refractivity contribution in [2.45, 2.75) is 19.1 Å². The SMILES string of the molecule is O=c1cc(B(O)O)ccn1CCC(F)(F)F. The highest BCUT2D eigenvalue weighted by Crippen LogP contribution is 2.19. The van der Waals surface area contributed by atoms with Gasteiger partial charge in [-0.15, -0.1) is 0 Å². The van der Waals surface area contributed by atoms with Crippen LogP contribution in [-0.4, -0.2) is 27.9 Å². The molecule has 0 bridgehead atoms. The van der Waals surface area contributed by atoms with Gasteiger partial charge < -0.3 is 14.6 Å². The van der Waals surface area contributed by atoms with E-state index < -0.39 is 31.8 Å². The van der Waals surface area contributed by atoms with Gasteiger partial charge in [-0.05, 0) is 11.5 Å². The molecule has 0 aliphatic carbocycles. The third-order valence-corrected chi connectivity index (χ3v) is 1.95. The minimum Gasteiger partial charge on any atom is -0.423 e. The van der Waals surface area contributed by atoms with Crippen molar-refractivity contribution in [3.8, 4) is 0 Å². The van der Waals surface area contributed by atoms with E-state index in [0.29, 0.717) is 0 Å². The van der Waals surface area contributed by atoms with Crippen molar-refractivity contribution in [2.24, 2.45) is 0 Å². The average molecular weight is 235 g/mol. The molecule has 0 saturated carbocycles. The van der Waals surface area contributed by atoms with Crippen LogP contribution in [0.25, 0.3) is 0 Å². The van der Waals surface area contributed by atoms with Gasteiger partial charge in [0.15, 0.2) is 0 Å². The van der Waals surface area contributed by atoms with E-state index in [1.165, 1.54) is 6.07 Å². The molecule has 1 aromatic heterocycles. The molecule has 16 heavy (non-hydrogen) atoms. The Morgan fingerprint density at radius 2 is 2.00 bits per heavy atom. The lowest BCUT2D eigenvalue weighted by Crippen LogP contribution is -2.35. The van der Waals surface area contributed by atoms with Gasteiger partial charge in [0, 0.05) is 18.8 Å². The molecule has 0 saturated heterocycles. The summed E-state index contributed by atoms with van der Waals surface area (Å²) in [4.78, 5) is 11.2. The Balaban J connectivity index is 2.80. The van der Waals surface area contributed by atoms with Crippen molar-refractivity contribution in [3.05, 3.63) is 28.7 Å². The molecule has 2 N–H and O–H groups in total. The van der Waals surface area contributed by atoms with Crippen LogP contribution in [0.5, 0.6) is 0 Å². The normalized spacial score (nSPS) is 11.6. The Morgan fingerprint density at radius 3 is 2.44 bits per heavy atom. The molecule has 0 unspecified atom stereocenters. The quantitative estimate of drug-likeness (QED) is 0.693. The number of pyridine rings is 1. The second-order valence-electron chi connectivity index (χ2n) is 3.23. The van der Waals surface area contributed by atoms with E-state index in [9.17, 15) is 18.0 Å². The van der Waals surface area contributed by atoms with Crippen LogP contribution in [0.1, 0.15) is 6.42 Å². The summed E-state index contributed by atoms with van der Waals surface area (Å²) in [6.07, 6.45) is -4.33. The second kappa shape index (κ2) is 4.71. The highest BCUT2D eigenvalue weighted by molar-refractivity contribution is 6.58. The average Bonchev–Trinajstić information content (AvgIpc) is 2.14. The molecular weight excluding hydrogens is 226 g/mol. The molecule has 8 heteroatoms. The predicted molar refractivity (Wildman–Crippen MR) is 51.2 cm³/mol. The van der Waals surface area contributed by atoms with Gasteiger partial charge in [0.1, 0.15) is 0 Å². The third kappa shape index (κ3) is 3.71. The Labute approximate surface area is 89.1 Å². The van der Waals surface area contributed by atoms with E-state index >= 15 is 0 Å². The van der Waals surface area contributed by atoms with Crippen molar-refractivity contribution in [1.82, 2.24) is 4.57 Å². The zero-order valence-corrected chi connectivity index (χ0v) is 8.11. The molecule has 1 heterocycles. The summed E-state index contributed by atoms with van der Waals surface area (Å²) in [5, 5.41) is 17.5. The van der Waals surface area contributed by atoms with Gasteiger partial charge in [-0.2, -0.15) is 13.2 Å². The Bertz CT molecular complexity index is 416. The molecular formula is C8H9BF3NO3. The van der Waals surface area contributed by atoms with Crippen LogP contribution in [0.3, 0.4) is 0 Å². The van der Waals surface area contributed by atoms with Gasteiger partial charge in [-0.1, -0.05) is 0 Å². The van der Waals surface area contributed by atoms with Crippen molar-refractivity contribution in [2.75, 3.05) is 0 Å². The van der Waals surface area contributed by atoms with Crippen molar-refractivity contribution in [1.29, 1.82) is 0 Å². The molecule has 0 radical (unpaired) electrons. The van der Waals surface area contributed by atoms with Gasteiger partial charge in [-0.3, -0.25) is 4.79 Å². The van der Waals surface area contributed by atoms with Gasteiger partial charge in [0.25, 0.3) is 0 Å². The van der Waals surface area contributed by atoms with E-state index in [4.69, 9.17) is 10.0 Å². The highest BCUT2D eigenvalue weighted by atomic mass is 19.4. The first-order valence-electron chi connectivity index (χ1n) is 4.43. The van der Waals surface area contributed by atoms with E-state index in [1.807, 2.05) is 0 Å². The summed E-state index contributed by atoms with van der Waals surface area (Å²) in [6, 6.07) is 2.07. The number of alkyl halides is 3. The third-order valence-electron chi connectivity index (χ3n) is 1.95. The molecule has 0 spiro atoms. The van der Waals surface area contributed by atoms with Crippen molar-refractivity contribution < 1.29 is 23.2 Å². The van der Waals surface area contributed by atoms with Crippen LogP contribution in [0.2, 0.25) is 0 Å². The van der Waals surface area contributed by atoms with Gasteiger partial charge in [0.2, 0.25) is 5.56 Å². The zero-order chi connectivity index (χ0) is 12.3. The summed E-state index contributed by atoms with van der Waals surface area (Å²) in [7, 11) is -1.80. The molecule has 0 fully saturated rings. The smallest absolute Gasteiger partial charge is 0.423 e. The van der Waals surface area contributed by atoms with Crippen molar-refractivity contribution >= 4 is 12.6 Å². The van der Waals surface area contributed by atoms with Crippen molar-refractivity contribution in [3.63, 3.8) is 0 Å². The fourth-order valence-corrected chi connectivity index (χ4v) is 1.12. The van der Waals surface area contributed by atoms with Gasteiger partial charge >= 0.3 is 13.3 Å². The lowest BCUT2D eigenvalue weighted by molar-refractivity contribution is -0.136. The van der Waals surface area contributed by atoms with Gasteiger partial charge in [-0.25, -0.2) is 0 Å². The minimum atomic E-state index is -4.32. The summed E-state index contributed by atoms with van der Waals surface area (Å²) in [6.45, 7) is -0.482. The molecule has 0 aromatic carbocycles. The zero-order valence-electron chi connectivity index (χ0n) is 8.11. The van der Waals surface area contributed by atoms with Crippen LogP contribution in [0.4, 0.5) is 13.2 Å². The number of hydrogen-bond acceptors (Lipinski definition) is 3. The molecule has 0 aliphatic heterocycles. The van der Waals surface area contributed by atoms with Crippen LogP contribution < -0.4 is 11.0 Å². The first-order chi connectivity index (χ1) is 7.29. The predicted octanol–water partition coefficient (Wildman–Crippen LogP) is -0.520. The van der Waals surface area contributed by atoms with E-state index in [-0.39, 0.29) is 5.46 Å². The van der Waals surface area contributed by atoms with Gasteiger partial charge in [0.05, 0.1) is 6.42 Å². The minimum absolute atomic E-state index is 0.0479. The topological polar surface area (TPSA) is 62.5 Å². The lowest BCUT2D eigenvalue weighted by Gasteiger charge is -2.09. The number of rotatable bonds is 3. The summed E-state index contributed by atoms with van der Waals surface area (Å²) in [5.41, 5.74) is -0.747.